The van der Waals surface area contributed by atoms with E-state index in [1.165, 1.54) is 0 Å². The third-order valence-corrected chi connectivity index (χ3v) is 8.11. The first-order valence-electron chi connectivity index (χ1n) is 13.5. The second kappa shape index (κ2) is 13.8. The summed E-state index contributed by atoms with van der Waals surface area (Å²) in [5.74, 6) is 2.47. The van der Waals surface area contributed by atoms with E-state index in [1.807, 2.05) is 48.7 Å². The molecule has 41 heavy (non-hydrogen) atoms. The van der Waals surface area contributed by atoms with Crippen LogP contribution in [-0.4, -0.2) is 110 Å². The number of hydrogen-bond donors (Lipinski definition) is 1. The van der Waals surface area contributed by atoms with E-state index in [9.17, 15) is 14.4 Å². The topological polar surface area (TPSA) is 104 Å². The molecule has 4 rings (SSSR count). The molecule has 2 fully saturated rings. The van der Waals surface area contributed by atoms with Crippen LogP contribution in [0.5, 0.6) is 17.2 Å². The Morgan fingerprint density at radius 3 is 2.37 bits per heavy atom. The Kier molecular flexibility index (Phi) is 10.2. The molecule has 2 aliphatic heterocycles. The van der Waals surface area contributed by atoms with Crippen molar-refractivity contribution in [1.29, 1.82) is 0 Å². The zero-order chi connectivity index (χ0) is 29.5. The largest absolute Gasteiger partial charge is 0.497 e. The first-order valence-corrected chi connectivity index (χ1v) is 14.9. The molecule has 0 bridgehead atoms. The van der Waals surface area contributed by atoms with Gasteiger partial charge in [-0.15, -0.1) is 0 Å². The number of benzene rings is 2. The highest BCUT2D eigenvalue weighted by atomic mass is 32.2. The van der Waals surface area contributed by atoms with Crippen LogP contribution in [0.25, 0.3) is 0 Å². The number of carbonyl (C=O) groups excluding carboxylic acids is 3. The molecule has 0 aliphatic carbocycles. The Labute approximate surface area is 245 Å². The van der Waals surface area contributed by atoms with Crippen molar-refractivity contribution in [2.24, 2.45) is 0 Å². The fourth-order valence-corrected chi connectivity index (χ4v) is 5.77. The maximum absolute atomic E-state index is 13.7. The molecule has 0 aromatic heterocycles. The van der Waals surface area contributed by atoms with Gasteiger partial charge >= 0.3 is 6.03 Å². The molecular formula is C29H39N5O6S. The fraction of sp³-hybridized carbons (Fsp3) is 0.483. The van der Waals surface area contributed by atoms with Gasteiger partial charge in [-0.25, -0.2) is 14.8 Å². The van der Waals surface area contributed by atoms with Crippen molar-refractivity contribution in [2.75, 3.05) is 60.0 Å². The highest BCUT2D eigenvalue weighted by Gasteiger charge is 2.50. The van der Waals surface area contributed by atoms with Crippen LogP contribution in [-0.2, 0) is 22.6 Å². The van der Waals surface area contributed by atoms with Gasteiger partial charge in [0, 0.05) is 20.1 Å². The predicted molar refractivity (Wildman–Crippen MR) is 157 cm³/mol. The smallest absolute Gasteiger partial charge is 0.334 e. The summed E-state index contributed by atoms with van der Waals surface area (Å²) in [7, 11) is 6.51. The fourth-order valence-electron chi connectivity index (χ4n) is 5.32. The molecule has 11 nitrogen and oxygen atoms in total. The van der Waals surface area contributed by atoms with E-state index in [2.05, 4.69) is 5.32 Å². The summed E-state index contributed by atoms with van der Waals surface area (Å²) in [6.07, 6.45) is 2.46. The lowest BCUT2D eigenvalue weighted by Crippen LogP contribution is -2.76. The normalized spacial score (nSPS) is 19.2. The van der Waals surface area contributed by atoms with Gasteiger partial charge in [0.15, 0.2) is 11.5 Å². The summed E-state index contributed by atoms with van der Waals surface area (Å²) in [6.45, 7) is 0.981. The third kappa shape index (κ3) is 6.82. The summed E-state index contributed by atoms with van der Waals surface area (Å²) in [6, 6.07) is 12.2. The van der Waals surface area contributed by atoms with E-state index in [1.54, 1.807) is 60.0 Å². The highest BCUT2D eigenvalue weighted by molar-refractivity contribution is 7.98. The van der Waals surface area contributed by atoms with Crippen LogP contribution in [0.4, 0.5) is 4.79 Å². The zero-order valence-electron chi connectivity index (χ0n) is 24.3. The number of fused-ring (bicyclic) bond motifs is 1. The number of hydrazine groups is 1. The first-order chi connectivity index (χ1) is 19.8. The Morgan fingerprint density at radius 1 is 1.00 bits per heavy atom. The molecule has 1 N–H and O–H groups in total. The van der Waals surface area contributed by atoms with Crippen molar-refractivity contribution in [1.82, 2.24) is 25.1 Å². The summed E-state index contributed by atoms with van der Waals surface area (Å²) >= 11 is 1.63. The van der Waals surface area contributed by atoms with Crippen molar-refractivity contribution in [3.05, 3.63) is 53.6 Å². The van der Waals surface area contributed by atoms with Crippen molar-refractivity contribution in [3.63, 3.8) is 0 Å². The highest BCUT2D eigenvalue weighted by Crippen LogP contribution is 2.30. The van der Waals surface area contributed by atoms with Gasteiger partial charge in [-0.05, 0) is 60.2 Å². The molecule has 2 aromatic carbocycles. The molecule has 2 aromatic rings. The molecule has 4 amide bonds. The minimum atomic E-state index is -0.635. The van der Waals surface area contributed by atoms with Crippen LogP contribution in [0, 0.1) is 0 Å². The number of likely N-dealkylation sites (N-methyl/N-ethyl adjacent to an activating group) is 1. The number of nitrogens with zero attached hydrogens (tertiary/aromatic N) is 4. The van der Waals surface area contributed by atoms with Gasteiger partial charge in [0.05, 0.1) is 34.4 Å². The number of piperazine rings is 1. The van der Waals surface area contributed by atoms with Gasteiger partial charge in [-0.2, -0.15) is 11.8 Å². The lowest BCUT2D eigenvalue weighted by atomic mass is 10.0. The lowest BCUT2D eigenvalue weighted by molar-refractivity contribution is -0.187. The van der Waals surface area contributed by atoms with Gasteiger partial charge < -0.3 is 29.3 Å². The lowest BCUT2D eigenvalue weighted by Gasteiger charge is -2.54. The van der Waals surface area contributed by atoms with Gasteiger partial charge in [0.2, 0.25) is 11.8 Å². The summed E-state index contributed by atoms with van der Waals surface area (Å²) in [5.41, 5.74) is 1.91. The Balaban J connectivity index is 1.54. The standard InChI is InChI=1S/C29H39N5O6S/c1-31-19-27(35)33-23(13-15-41-5)28(36)32(14-12-20-8-11-24(39-3)25(16-20)40-4)18-26(33)34(31)29(37)30-17-21-6-9-22(38-2)10-7-21/h6-11,16,23,26H,12-15,17-19H2,1-5H3,(H,30,37)/t23-,26-/m0/s1. The monoisotopic (exact) mass is 585 g/mol. The summed E-state index contributed by atoms with van der Waals surface area (Å²) in [5, 5.41) is 6.20. The van der Waals surface area contributed by atoms with Crippen LogP contribution in [0.15, 0.2) is 42.5 Å². The number of nitrogens with one attached hydrogen (secondary N) is 1. The maximum Gasteiger partial charge on any atom is 0.334 e. The van der Waals surface area contributed by atoms with Gasteiger partial charge in [-0.3, -0.25) is 9.59 Å². The second-order valence-electron chi connectivity index (χ2n) is 9.97. The number of thioether (sulfide) groups is 1. The van der Waals surface area contributed by atoms with Crippen LogP contribution in [0.2, 0.25) is 0 Å². The van der Waals surface area contributed by atoms with Gasteiger partial charge in [0.1, 0.15) is 18.0 Å². The average molecular weight is 586 g/mol. The summed E-state index contributed by atoms with van der Waals surface area (Å²) < 4.78 is 16.0. The molecule has 2 heterocycles. The van der Waals surface area contributed by atoms with Crippen LogP contribution >= 0.6 is 11.8 Å². The van der Waals surface area contributed by atoms with E-state index in [0.29, 0.717) is 37.4 Å². The number of amides is 4. The van der Waals surface area contributed by atoms with E-state index in [0.717, 1.165) is 22.6 Å². The first kappa shape index (κ1) is 30.3. The van der Waals surface area contributed by atoms with Gasteiger partial charge in [-0.1, -0.05) is 18.2 Å². The Hall–Kier alpha value is -3.64. The quantitative estimate of drug-likeness (QED) is 0.429. The van der Waals surface area contributed by atoms with Crippen molar-refractivity contribution in [3.8, 4) is 17.2 Å². The average Bonchev–Trinajstić information content (AvgIpc) is 2.98. The zero-order valence-corrected chi connectivity index (χ0v) is 25.1. The van der Waals surface area contributed by atoms with Crippen molar-refractivity contribution < 1.29 is 28.6 Å². The number of rotatable bonds is 11. The Bertz CT molecular complexity index is 1230. The second-order valence-corrected chi connectivity index (χ2v) is 11.0. The molecule has 0 unspecified atom stereocenters. The minimum absolute atomic E-state index is 0.0150. The van der Waals surface area contributed by atoms with Crippen molar-refractivity contribution >= 4 is 29.6 Å². The number of ether oxygens (including phenoxy) is 3. The van der Waals surface area contributed by atoms with Gasteiger partial charge in [0.25, 0.3) is 0 Å². The third-order valence-electron chi connectivity index (χ3n) is 7.46. The van der Waals surface area contributed by atoms with E-state index < -0.39 is 12.2 Å². The predicted octanol–water partition coefficient (Wildman–Crippen LogP) is 2.45. The van der Waals surface area contributed by atoms with Crippen LogP contribution in [0.1, 0.15) is 17.5 Å². The van der Waals surface area contributed by atoms with E-state index in [-0.39, 0.29) is 30.9 Å². The number of hydrogen-bond acceptors (Lipinski definition) is 8. The molecular weight excluding hydrogens is 546 g/mol. The molecule has 12 heteroatoms. The Morgan fingerprint density at radius 2 is 1.71 bits per heavy atom. The molecule has 2 saturated heterocycles. The molecule has 0 spiro atoms. The van der Waals surface area contributed by atoms with E-state index >= 15 is 0 Å². The minimum Gasteiger partial charge on any atom is -0.497 e. The molecule has 222 valence electrons. The molecule has 2 atom stereocenters. The molecule has 0 radical (unpaired) electrons. The number of carbonyl (C=O) groups is 3. The SMILES string of the molecule is COc1ccc(CNC(=O)N2[C@H]3CN(CCc4ccc(OC)c(OC)c4)C(=O)[C@H](CCSC)N3C(=O)CN2C)cc1. The molecule has 2 aliphatic rings. The number of methoxy groups -OCH3 is 3. The van der Waals surface area contributed by atoms with Crippen LogP contribution < -0.4 is 19.5 Å². The number of urea groups is 1. The maximum atomic E-state index is 13.7. The van der Waals surface area contributed by atoms with Crippen molar-refractivity contribution in [2.45, 2.75) is 31.6 Å². The van der Waals surface area contributed by atoms with E-state index in [4.69, 9.17) is 14.2 Å². The van der Waals surface area contributed by atoms with Crippen LogP contribution in [0.3, 0.4) is 0 Å². The summed E-state index contributed by atoms with van der Waals surface area (Å²) in [4.78, 5) is 44.0. The molecule has 0 saturated carbocycles.